The molecule has 12 heteroatoms. The molecule has 0 spiro atoms. The number of piperazine rings is 1. The van der Waals surface area contributed by atoms with E-state index in [9.17, 15) is 14.4 Å². The van der Waals surface area contributed by atoms with Crippen LogP contribution < -0.4 is 21.1 Å². The molecular weight excluding hydrogens is 584 g/mol. The van der Waals surface area contributed by atoms with Crippen molar-refractivity contribution >= 4 is 35.1 Å². The molecule has 2 fully saturated rings. The van der Waals surface area contributed by atoms with Crippen LogP contribution in [0.1, 0.15) is 46.0 Å². The minimum absolute atomic E-state index is 0.172. The highest BCUT2D eigenvalue weighted by Gasteiger charge is 2.31. The van der Waals surface area contributed by atoms with Crippen molar-refractivity contribution in [2.75, 3.05) is 54.9 Å². The number of hydrogen-bond donors (Lipinski definition) is 3. The van der Waals surface area contributed by atoms with E-state index >= 15 is 0 Å². The normalized spacial score (nSPS) is 17.8. The molecule has 0 aromatic carbocycles. The van der Waals surface area contributed by atoms with Crippen molar-refractivity contribution in [3.8, 4) is 11.3 Å². The number of H-pyrrole nitrogens is 1. The van der Waals surface area contributed by atoms with E-state index < -0.39 is 0 Å². The maximum Gasteiger partial charge on any atom is 0.274 e. The first kappa shape index (κ1) is 29.9. The van der Waals surface area contributed by atoms with Gasteiger partial charge in [0.2, 0.25) is 0 Å². The van der Waals surface area contributed by atoms with E-state index in [-0.39, 0.29) is 28.1 Å². The Hall–Kier alpha value is -4.81. The summed E-state index contributed by atoms with van der Waals surface area (Å²) in [6.07, 6.45) is 7.43. The van der Waals surface area contributed by atoms with Gasteiger partial charge < -0.3 is 29.8 Å². The smallest absolute Gasteiger partial charge is 0.274 e. The van der Waals surface area contributed by atoms with Gasteiger partial charge in [0.1, 0.15) is 17.2 Å². The van der Waals surface area contributed by atoms with Gasteiger partial charge in [0.05, 0.1) is 48.1 Å². The number of carbonyl (C=O) groups excluding carboxylic acids is 2. The monoisotopic (exact) mass is 622 g/mol. The van der Waals surface area contributed by atoms with E-state index in [2.05, 4.69) is 49.2 Å². The molecule has 7 rings (SSSR count). The Kier molecular flexibility index (Phi) is 7.69. The number of aromatic nitrogens is 4. The lowest BCUT2D eigenvalue weighted by Crippen LogP contribution is -2.56. The molecule has 4 aromatic rings. The summed E-state index contributed by atoms with van der Waals surface area (Å²) in [5, 5.41) is 6.02. The number of anilines is 4. The van der Waals surface area contributed by atoms with Crippen LogP contribution in [0.15, 0.2) is 53.7 Å². The SMILES string of the molecule is Cn1cc(-c2nccc(NC(=O)c3cc4c([nH]3)CC(C)(C)C4)c2C=O)cc(Nc2ccc(N3CCN(C4COC4)CC3)cn2)c1=O. The molecule has 0 unspecified atom stereocenters. The van der Waals surface area contributed by atoms with Crippen molar-refractivity contribution in [2.45, 2.75) is 32.7 Å². The number of amides is 1. The van der Waals surface area contributed by atoms with Gasteiger partial charge in [-0.1, -0.05) is 13.8 Å². The summed E-state index contributed by atoms with van der Waals surface area (Å²) in [5.74, 6) is 0.189. The summed E-state index contributed by atoms with van der Waals surface area (Å²) >= 11 is 0. The van der Waals surface area contributed by atoms with Gasteiger partial charge in [-0.2, -0.15) is 0 Å². The summed E-state index contributed by atoms with van der Waals surface area (Å²) in [5.41, 5.74) is 5.34. The van der Waals surface area contributed by atoms with Crippen LogP contribution in [0.25, 0.3) is 11.3 Å². The van der Waals surface area contributed by atoms with Crippen molar-refractivity contribution < 1.29 is 14.3 Å². The van der Waals surface area contributed by atoms with Crippen molar-refractivity contribution in [3.05, 3.63) is 81.8 Å². The molecule has 2 saturated heterocycles. The largest absolute Gasteiger partial charge is 0.378 e. The first-order chi connectivity index (χ1) is 22.2. The molecule has 46 heavy (non-hydrogen) atoms. The quantitative estimate of drug-likeness (QED) is 0.252. The fourth-order valence-corrected chi connectivity index (χ4v) is 6.65. The third-order valence-corrected chi connectivity index (χ3v) is 9.20. The second kappa shape index (κ2) is 11.8. The van der Waals surface area contributed by atoms with Crippen LogP contribution in [0.3, 0.4) is 0 Å². The zero-order valence-electron chi connectivity index (χ0n) is 26.3. The van der Waals surface area contributed by atoms with Crippen molar-refractivity contribution in [2.24, 2.45) is 12.5 Å². The molecule has 1 amide bonds. The molecule has 4 aromatic heterocycles. The van der Waals surface area contributed by atoms with Gasteiger partial charge in [0, 0.05) is 56.9 Å². The fraction of sp³-hybridized carbons (Fsp3) is 0.382. The van der Waals surface area contributed by atoms with E-state index in [0.29, 0.717) is 40.8 Å². The third kappa shape index (κ3) is 5.81. The second-order valence-corrected chi connectivity index (χ2v) is 13.2. The number of pyridine rings is 3. The molecular formula is C34H38N8O4. The molecule has 0 saturated carbocycles. The Morgan fingerprint density at radius 2 is 1.87 bits per heavy atom. The molecule has 0 radical (unpaired) electrons. The third-order valence-electron chi connectivity index (χ3n) is 9.20. The van der Waals surface area contributed by atoms with Crippen LogP contribution in [0.4, 0.5) is 22.9 Å². The molecule has 3 N–H and O–H groups in total. The van der Waals surface area contributed by atoms with Gasteiger partial charge in [0.25, 0.3) is 11.5 Å². The van der Waals surface area contributed by atoms with E-state index in [0.717, 1.165) is 69.2 Å². The maximum atomic E-state index is 13.2. The molecule has 1 aliphatic carbocycles. The number of nitrogens with one attached hydrogen (secondary N) is 3. The summed E-state index contributed by atoms with van der Waals surface area (Å²) < 4.78 is 6.77. The van der Waals surface area contributed by atoms with Crippen molar-refractivity contribution in [3.63, 3.8) is 0 Å². The maximum absolute atomic E-state index is 13.2. The highest BCUT2D eigenvalue weighted by Crippen LogP contribution is 2.36. The zero-order chi connectivity index (χ0) is 32.0. The lowest BCUT2D eigenvalue weighted by molar-refractivity contribution is -0.0660. The van der Waals surface area contributed by atoms with Gasteiger partial charge in [-0.25, -0.2) is 4.98 Å². The number of rotatable bonds is 8. The Labute approximate surface area is 266 Å². The lowest BCUT2D eigenvalue weighted by atomic mass is 9.90. The molecule has 3 aliphatic rings. The average molecular weight is 623 g/mol. The minimum atomic E-state index is -0.334. The standard InChI is InChI=1S/C34H38N8O4/c1-34(2)14-21-12-27(37-29(21)15-34)32(44)39-26-6-7-35-31(25(26)18-43)22-13-28(33(45)40(3)17-22)38-30-5-4-23(16-36-30)41-8-10-42(11-9-41)24-19-46-20-24/h4-7,12-13,16-18,24,37H,8-11,14-15,19-20H2,1-3H3,(H,36,38)(H,35,39,44). The minimum Gasteiger partial charge on any atom is -0.378 e. The summed E-state index contributed by atoms with van der Waals surface area (Å²) in [7, 11) is 1.64. The first-order valence-electron chi connectivity index (χ1n) is 15.6. The summed E-state index contributed by atoms with van der Waals surface area (Å²) in [6, 6.07) is 9.54. The number of carbonyl (C=O) groups is 2. The van der Waals surface area contributed by atoms with Gasteiger partial charge in [-0.3, -0.25) is 24.3 Å². The lowest BCUT2D eigenvalue weighted by Gasteiger charge is -2.43. The van der Waals surface area contributed by atoms with Gasteiger partial charge in [-0.05, 0) is 54.2 Å². The van der Waals surface area contributed by atoms with Gasteiger partial charge >= 0.3 is 0 Å². The van der Waals surface area contributed by atoms with E-state index in [1.807, 2.05) is 24.4 Å². The van der Waals surface area contributed by atoms with Crippen LogP contribution in [-0.2, 0) is 24.6 Å². The van der Waals surface area contributed by atoms with Crippen molar-refractivity contribution in [1.82, 2.24) is 24.4 Å². The predicted molar refractivity (Wildman–Crippen MR) is 176 cm³/mol. The van der Waals surface area contributed by atoms with Crippen LogP contribution >= 0.6 is 0 Å². The number of hydrogen-bond acceptors (Lipinski definition) is 9. The molecule has 0 atom stereocenters. The van der Waals surface area contributed by atoms with E-state index in [1.165, 1.54) is 10.8 Å². The number of aldehydes is 1. The molecule has 238 valence electrons. The average Bonchev–Trinajstić information content (AvgIpc) is 3.53. The number of nitrogens with zero attached hydrogens (tertiary/aromatic N) is 5. The number of ether oxygens (including phenoxy) is 1. The second-order valence-electron chi connectivity index (χ2n) is 13.2. The predicted octanol–water partition coefficient (Wildman–Crippen LogP) is 3.62. The van der Waals surface area contributed by atoms with E-state index in [1.54, 1.807) is 25.4 Å². The Bertz CT molecular complexity index is 1820. The zero-order valence-corrected chi connectivity index (χ0v) is 26.3. The highest BCUT2D eigenvalue weighted by molar-refractivity contribution is 6.07. The Morgan fingerprint density at radius 3 is 2.54 bits per heavy atom. The Morgan fingerprint density at radius 1 is 1.07 bits per heavy atom. The number of aryl methyl sites for hydroxylation is 1. The van der Waals surface area contributed by atoms with Crippen molar-refractivity contribution in [1.29, 1.82) is 0 Å². The summed E-state index contributed by atoms with van der Waals surface area (Å²) in [4.78, 5) is 55.8. The number of aromatic amines is 1. The van der Waals surface area contributed by atoms with Crippen LogP contribution in [-0.4, -0.2) is 82.0 Å². The molecule has 2 aliphatic heterocycles. The number of fused-ring (bicyclic) bond motifs is 1. The topological polar surface area (TPSA) is 137 Å². The van der Waals surface area contributed by atoms with E-state index in [4.69, 9.17) is 4.74 Å². The Balaban J connectivity index is 1.08. The van der Waals surface area contributed by atoms with Crippen LogP contribution in [0.5, 0.6) is 0 Å². The summed E-state index contributed by atoms with van der Waals surface area (Å²) in [6.45, 7) is 9.89. The molecule has 6 heterocycles. The van der Waals surface area contributed by atoms with Crippen LogP contribution in [0, 0.1) is 5.41 Å². The van der Waals surface area contributed by atoms with Crippen LogP contribution in [0.2, 0.25) is 0 Å². The fourth-order valence-electron chi connectivity index (χ4n) is 6.65. The first-order valence-corrected chi connectivity index (χ1v) is 15.6. The van der Waals surface area contributed by atoms with Gasteiger partial charge in [0.15, 0.2) is 6.29 Å². The molecule has 12 nitrogen and oxygen atoms in total. The molecule has 0 bridgehead atoms. The highest BCUT2D eigenvalue weighted by atomic mass is 16.5. The van der Waals surface area contributed by atoms with Gasteiger partial charge in [-0.15, -0.1) is 0 Å².